The fourth-order valence-electron chi connectivity index (χ4n) is 2.33. The van der Waals surface area contributed by atoms with Gasteiger partial charge in [-0.25, -0.2) is 9.48 Å². The molecule has 2 heterocycles. The van der Waals surface area contributed by atoms with Gasteiger partial charge in [-0.1, -0.05) is 34.1 Å². The van der Waals surface area contributed by atoms with Crippen molar-refractivity contribution in [1.82, 2.24) is 19.5 Å². The molecular formula is C16H15BrN4O2. The van der Waals surface area contributed by atoms with Crippen LogP contribution in [0.2, 0.25) is 0 Å². The number of aromatic nitrogens is 3. The molecule has 1 N–H and O–H groups in total. The predicted octanol–water partition coefficient (Wildman–Crippen LogP) is 2.14. The first-order valence-electron chi connectivity index (χ1n) is 7.13. The summed E-state index contributed by atoms with van der Waals surface area (Å²) >= 11 is 3.38. The zero-order valence-electron chi connectivity index (χ0n) is 12.4. The lowest BCUT2D eigenvalue weighted by molar-refractivity contribution is -0.122. The highest BCUT2D eigenvalue weighted by Crippen LogP contribution is 2.16. The molecule has 1 aromatic carbocycles. The van der Waals surface area contributed by atoms with Crippen LogP contribution in [0.3, 0.4) is 0 Å². The Kier molecular flexibility index (Phi) is 4.29. The van der Waals surface area contributed by atoms with E-state index in [1.54, 1.807) is 24.4 Å². The van der Waals surface area contributed by atoms with E-state index in [1.165, 1.54) is 9.08 Å². The average Bonchev–Trinajstić information content (AvgIpc) is 2.84. The second kappa shape index (κ2) is 6.37. The normalized spacial score (nSPS) is 12.3. The van der Waals surface area contributed by atoms with Gasteiger partial charge in [0.15, 0.2) is 5.65 Å². The number of nitrogens with one attached hydrogen (secondary N) is 1. The highest BCUT2D eigenvalue weighted by atomic mass is 79.9. The Hall–Kier alpha value is -2.41. The molecule has 23 heavy (non-hydrogen) atoms. The van der Waals surface area contributed by atoms with E-state index < -0.39 is 0 Å². The molecule has 0 fully saturated rings. The van der Waals surface area contributed by atoms with Crippen LogP contribution < -0.4 is 11.0 Å². The van der Waals surface area contributed by atoms with Gasteiger partial charge < -0.3 is 5.32 Å². The Bertz CT molecular complexity index is 898. The number of fused-ring (bicyclic) bond motifs is 1. The molecule has 0 spiro atoms. The van der Waals surface area contributed by atoms with E-state index in [0.717, 1.165) is 10.0 Å². The molecule has 3 aromatic rings. The molecule has 0 saturated carbocycles. The van der Waals surface area contributed by atoms with Gasteiger partial charge in [-0.2, -0.15) is 0 Å². The average molecular weight is 375 g/mol. The lowest BCUT2D eigenvalue weighted by Crippen LogP contribution is -2.34. The van der Waals surface area contributed by atoms with Crippen molar-refractivity contribution >= 4 is 27.5 Å². The number of carbonyl (C=O) groups excluding carboxylic acids is 1. The van der Waals surface area contributed by atoms with Crippen LogP contribution in [0, 0.1) is 0 Å². The van der Waals surface area contributed by atoms with Gasteiger partial charge in [-0.05, 0) is 36.8 Å². The summed E-state index contributed by atoms with van der Waals surface area (Å²) < 4.78 is 3.56. The van der Waals surface area contributed by atoms with Crippen LogP contribution in [0.15, 0.2) is 57.9 Å². The van der Waals surface area contributed by atoms with Crippen molar-refractivity contribution < 1.29 is 4.79 Å². The van der Waals surface area contributed by atoms with E-state index in [9.17, 15) is 9.59 Å². The van der Waals surface area contributed by atoms with Gasteiger partial charge in [0.05, 0.1) is 6.04 Å². The van der Waals surface area contributed by atoms with E-state index in [4.69, 9.17) is 0 Å². The summed E-state index contributed by atoms with van der Waals surface area (Å²) in [5, 5.41) is 7.02. The zero-order valence-corrected chi connectivity index (χ0v) is 14.0. The number of pyridine rings is 1. The first kappa shape index (κ1) is 15.5. The molecule has 1 unspecified atom stereocenters. The maximum absolute atomic E-state index is 12.2. The van der Waals surface area contributed by atoms with Crippen LogP contribution in [0.4, 0.5) is 0 Å². The molecular weight excluding hydrogens is 360 g/mol. The van der Waals surface area contributed by atoms with Gasteiger partial charge in [0.25, 0.3) is 0 Å². The van der Waals surface area contributed by atoms with Gasteiger partial charge >= 0.3 is 5.69 Å². The van der Waals surface area contributed by atoms with Crippen LogP contribution in [-0.2, 0) is 11.3 Å². The minimum Gasteiger partial charge on any atom is -0.348 e. The predicted molar refractivity (Wildman–Crippen MR) is 90.2 cm³/mol. The molecule has 7 heteroatoms. The first-order chi connectivity index (χ1) is 11.0. The van der Waals surface area contributed by atoms with Gasteiger partial charge in [0, 0.05) is 10.7 Å². The molecule has 118 valence electrons. The standard InChI is InChI=1S/C16H15BrN4O2/c1-11(12-5-7-13(17)8-6-12)18-15(22)10-21-16(23)20-9-3-2-4-14(20)19-21/h2-9,11H,10H2,1H3,(H,18,22). The van der Waals surface area contributed by atoms with Crippen LogP contribution in [0.25, 0.3) is 5.65 Å². The smallest absolute Gasteiger partial charge is 0.348 e. The summed E-state index contributed by atoms with van der Waals surface area (Å²) in [6, 6.07) is 12.8. The van der Waals surface area contributed by atoms with Crippen molar-refractivity contribution in [3.05, 3.63) is 69.2 Å². The van der Waals surface area contributed by atoms with Crippen molar-refractivity contribution in [2.75, 3.05) is 0 Å². The van der Waals surface area contributed by atoms with Crippen LogP contribution >= 0.6 is 15.9 Å². The van der Waals surface area contributed by atoms with E-state index in [2.05, 4.69) is 26.3 Å². The molecule has 0 aliphatic rings. The molecule has 0 aliphatic carbocycles. The summed E-state index contributed by atoms with van der Waals surface area (Å²) in [7, 11) is 0. The van der Waals surface area contributed by atoms with Crippen molar-refractivity contribution in [1.29, 1.82) is 0 Å². The number of carbonyl (C=O) groups is 1. The second-order valence-corrected chi connectivity index (χ2v) is 6.13. The number of rotatable bonds is 4. The molecule has 0 aliphatic heterocycles. The molecule has 0 bridgehead atoms. The van der Waals surface area contributed by atoms with Crippen LogP contribution in [-0.4, -0.2) is 20.1 Å². The number of hydrogen-bond acceptors (Lipinski definition) is 3. The summed E-state index contributed by atoms with van der Waals surface area (Å²) in [6.45, 7) is 1.79. The van der Waals surface area contributed by atoms with E-state index in [-0.39, 0.29) is 24.2 Å². The Labute approximate surface area is 140 Å². The quantitative estimate of drug-likeness (QED) is 0.760. The fraction of sp³-hybridized carbons (Fsp3) is 0.188. The molecule has 1 atom stereocenters. The SMILES string of the molecule is CC(NC(=O)Cn1nc2ccccn2c1=O)c1ccc(Br)cc1. The highest BCUT2D eigenvalue weighted by Gasteiger charge is 2.13. The number of halogens is 1. The third kappa shape index (κ3) is 3.34. The Balaban J connectivity index is 1.72. The van der Waals surface area contributed by atoms with Crippen molar-refractivity contribution in [2.24, 2.45) is 0 Å². The number of hydrogen-bond donors (Lipinski definition) is 1. The van der Waals surface area contributed by atoms with Gasteiger partial charge in [-0.15, -0.1) is 5.10 Å². The summed E-state index contributed by atoms with van der Waals surface area (Å²) in [6.07, 6.45) is 1.63. The summed E-state index contributed by atoms with van der Waals surface area (Å²) in [5.41, 5.74) is 1.18. The third-order valence-electron chi connectivity index (χ3n) is 3.53. The fourth-order valence-corrected chi connectivity index (χ4v) is 2.59. The summed E-state index contributed by atoms with van der Waals surface area (Å²) in [5.74, 6) is -0.258. The van der Waals surface area contributed by atoms with Gasteiger partial charge in [-0.3, -0.25) is 9.20 Å². The number of amides is 1. The number of nitrogens with zero attached hydrogens (tertiary/aromatic N) is 3. The lowest BCUT2D eigenvalue weighted by Gasteiger charge is -2.14. The molecule has 6 nitrogen and oxygen atoms in total. The van der Waals surface area contributed by atoms with Crippen LogP contribution in [0.5, 0.6) is 0 Å². The van der Waals surface area contributed by atoms with Gasteiger partial charge in [0.2, 0.25) is 5.91 Å². The minimum absolute atomic E-state index is 0.110. The first-order valence-corrected chi connectivity index (χ1v) is 7.93. The van der Waals surface area contributed by atoms with Crippen molar-refractivity contribution in [3.63, 3.8) is 0 Å². The van der Waals surface area contributed by atoms with Crippen LogP contribution in [0.1, 0.15) is 18.5 Å². The maximum Gasteiger partial charge on any atom is 0.350 e. The van der Waals surface area contributed by atoms with Gasteiger partial charge in [0.1, 0.15) is 6.54 Å². The molecule has 0 saturated heterocycles. The topological polar surface area (TPSA) is 68.4 Å². The highest BCUT2D eigenvalue weighted by molar-refractivity contribution is 9.10. The van der Waals surface area contributed by atoms with E-state index in [1.807, 2.05) is 31.2 Å². The molecule has 3 rings (SSSR count). The van der Waals surface area contributed by atoms with E-state index >= 15 is 0 Å². The Morgan fingerprint density at radius 2 is 2.00 bits per heavy atom. The lowest BCUT2D eigenvalue weighted by atomic mass is 10.1. The van der Waals surface area contributed by atoms with Crippen molar-refractivity contribution in [3.8, 4) is 0 Å². The Morgan fingerprint density at radius 3 is 2.70 bits per heavy atom. The zero-order chi connectivity index (χ0) is 16.4. The maximum atomic E-state index is 12.2. The molecule has 1 amide bonds. The third-order valence-corrected chi connectivity index (χ3v) is 4.06. The Morgan fingerprint density at radius 1 is 1.26 bits per heavy atom. The molecule has 2 aromatic heterocycles. The monoisotopic (exact) mass is 374 g/mol. The largest absolute Gasteiger partial charge is 0.350 e. The van der Waals surface area contributed by atoms with E-state index in [0.29, 0.717) is 5.65 Å². The second-order valence-electron chi connectivity index (χ2n) is 5.21. The molecule has 0 radical (unpaired) electrons. The van der Waals surface area contributed by atoms with Crippen molar-refractivity contribution in [2.45, 2.75) is 19.5 Å². The number of benzene rings is 1. The summed E-state index contributed by atoms with van der Waals surface area (Å²) in [4.78, 5) is 24.3. The minimum atomic E-state index is -0.327.